The lowest BCUT2D eigenvalue weighted by Crippen LogP contribution is -2.18. The van der Waals surface area contributed by atoms with E-state index in [0.717, 1.165) is 10.0 Å². The molecule has 0 heterocycles. The number of hydrogen-bond acceptors (Lipinski definition) is 3. The highest BCUT2D eigenvalue weighted by molar-refractivity contribution is 9.10. The van der Waals surface area contributed by atoms with Crippen molar-refractivity contribution in [2.24, 2.45) is 0 Å². The normalized spacial score (nSPS) is 12.3. The van der Waals surface area contributed by atoms with Crippen molar-refractivity contribution in [1.29, 1.82) is 0 Å². The first-order chi connectivity index (χ1) is 7.04. The lowest BCUT2D eigenvalue weighted by atomic mass is 10.1. The maximum Gasteiger partial charge on any atom is 0.165 e. The van der Waals surface area contributed by atoms with Crippen molar-refractivity contribution in [2.75, 3.05) is 7.11 Å². The van der Waals surface area contributed by atoms with Gasteiger partial charge in [-0.2, -0.15) is 0 Å². The summed E-state index contributed by atoms with van der Waals surface area (Å²) in [6.45, 7) is 1.47. The lowest BCUT2D eigenvalue weighted by Gasteiger charge is -2.09. The third-order valence-corrected chi connectivity index (χ3v) is 2.57. The molecule has 1 aromatic carbocycles. The minimum absolute atomic E-state index is 0.181. The fraction of sp³-hybridized carbons (Fsp3) is 0.364. The number of carbonyl (C=O) groups is 1. The van der Waals surface area contributed by atoms with Crippen LogP contribution in [-0.4, -0.2) is 24.1 Å². The first kappa shape index (κ1) is 12.2. The van der Waals surface area contributed by atoms with Gasteiger partial charge < -0.3 is 9.84 Å². The van der Waals surface area contributed by atoms with E-state index in [1.165, 1.54) is 6.92 Å². The zero-order chi connectivity index (χ0) is 11.4. The molecule has 0 radical (unpaired) electrons. The molecule has 82 valence electrons. The summed E-state index contributed by atoms with van der Waals surface area (Å²) in [5, 5.41) is 9.11. The van der Waals surface area contributed by atoms with Gasteiger partial charge in [-0.1, -0.05) is 15.9 Å². The lowest BCUT2D eigenvalue weighted by molar-refractivity contribution is -0.125. The van der Waals surface area contributed by atoms with Crippen LogP contribution in [0.4, 0.5) is 0 Å². The molecule has 0 aliphatic rings. The Labute approximate surface area is 97.2 Å². The van der Waals surface area contributed by atoms with Crippen LogP contribution in [0.25, 0.3) is 0 Å². The number of rotatable bonds is 4. The van der Waals surface area contributed by atoms with Crippen molar-refractivity contribution >= 4 is 21.7 Å². The van der Waals surface area contributed by atoms with Crippen molar-refractivity contribution in [3.8, 4) is 5.75 Å². The van der Waals surface area contributed by atoms with Crippen LogP contribution in [0.15, 0.2) is 22.7 Å². The minimum atomic E-state index is -0.936. The van der Waals surface area contributed by atoms with Gasteiger partial charge in [0.15, 0.2) is 5.78 Å². The number of methoxy groups -OCH3 is 1. The van der Waals surface area contributed by atoms with E-state index >= 15 is 0 Å². The Hall–Kier alpha value is -0.870. The van der Waals surface area contributed by atoms with Gasteiger partial charge in [-0.15, -0.1) is 0 Å². The molecular weight excluding hydrogens is 260 g/mol. The molecule has 0 saturated carbocycles. The Morgan fingerprint density at radius 1 is 1.60 bits per heavy atom. The van der Waals surface area contributed by atoms with Gasteiger partial charge in [0.25, 0.3) is 0 Å². The molecule has 0 aromatic heterocycles. The van der Waals surface area contributed by atoms with Gasteiger partial charge in [0.1, 0.15) is 11.9 Å². The number of carbonyl (C=O) groups excluding carboxylic acids is 1. The van der Waals surface area contributed by atoms with Gasteiger partial charge in [0, 0.05) is 16.5 Å². The summed E-state index contributed by atoms with van der Waals surface area (Å²) in [5.74, 6) is 0.443. The molecule has 1 atom stereocenters. The number of ether oxygens (including phenoxy) is 1. The van der Waals surface area contributed by atoms with Crippen LogP contribution in [0.5, 0.6) is 5.75 Å². The molecular formula is C11H13BrO3. The topological polar surface area (TPSA) is 46.5 Å². The van der Waals surface area contributed by atoms with E-state index in [4.69, 9.17) is 9.84 Å². The van der Waals surface area contributed by atoms with E-state index in [2.05, 4.69) is 15.9 Å². The highest BCUT2D eigenvalue weighted by Crippen LogP contribution is 2.23. The number of benzene rings is 1. The number of aliphatic hydroxyl groups is 1. The van der Waals surface area contributed by atoms with Crippen LogP contribution in [0.3, 0.4) is 0 Å². The van der Waals surface area contributed by atoms with Crippen molar-refractivity contribution in [3.05, 3.63) is 28.2 Å². The van der Waals surface area contributed by atoms with E-state index in [-0.39, 0.29) is 12.2 Å². The highest BCUT2D eigenvalue weighted by Gasteiger charge is 2.13. The molecule has 0 aliphatic heterocycles. The summed E-state index contributed by atoms with van der Waals surface area (Å²) in [5.41, 5.74) is 0.776. The highest BCUT2D eigenvalue weighted by atomic mass is 79.9. The summed E-state index contributed by atoms with van der Waals surface area (Å²) in [4.78, 5) is 11.4. The number of hydrogen-bond donors (Lipinski definition) is 1. The Morgan fingerprint density at radius 3 is 2.80 bits per heavy atom. The molecule has 1 rings (SSSR count). The summed E-state index contributed by atoms with van der Waals surface area (Å²) < 4.78 is 6.01. The molecule has 0 spiro atoms. The van der Waals surface area contributed by atoms with Crippen LogP contribution < -0.4 is 4.74 Å². The molecule has 15 heavy (non-hydrogen) atoms. The second-order valence-electron chi connectivity index (χ2n) is 3.28. The number of ketones is 1. The maximum atomic E-state index is 11.4. The quantitative estimate of drug-likeness (QED) is 0.912. The second-order valence-corrected chi connectivity index (χ2v) is 4.19. The number of aliphatic hydroxyl groups excluding tert-OH is 1. The Kier molecular flexibility index (Phi) is 4.29. The van der Waals surface area contributed by atoms with Crippen molar-refractivity contribution < 1.29 is 14.6 Å². The second kappa shape index (κ2) is 5.28. The van der Waals surface area contributed by atoms with E-state index in [1.54, 1.807) is 13.2 Å². The van der Waals surface area contributed by atoms with Crippen LogP contribution in [0.2, 0.25) is 0 Å². The smallest absolute Gasteiger partial charge is 0.165 e. The first-order valence-corrected chi connectivity index (χ1v) is 5.37. The van der Waals surface area contributed by atoms with E-state index in [1.807, 2.05) is 12.1 Å². The van der Waals surface area contributed by atoms with Gasteiger partial charge >= 0.3 is 0 Å². The molecule has 1 N–H and O–H groups in total. The van der Waals surface area contributed by atoms with Crippen molar-refractivity contribution in [3.63, 3.8) is 0 Å². The largest absolute Gasteiger partial charge is 0.496 e. The van der Waals surface area contributed by atoms with Crippen LogP contribution in [0, 0.1) is 0 Å². The molecule has 0 amide bonds. The molecule has 1 aromatic rings. The average molecular weight is 273 g/mol. The van der Waals surface area contributed by atoms with Crippen molar-refractivity contribution in [1.82, 2.24) is 0 Å². The van der Waals surface area contributed by atoms with Gasteiger partial charge in [-0.05, 0) is 25.1 Å². The first-order valence-electron chi connectivity index (χ1n) is 4.57. The van der Waals surface area contributed by atoms with E-state index in [9.17, 15) is 4.79 Å². The number of halogens is 1. The molecule has 3 nitrogen and oxygen atoms in total. The Morgan fingerprint density at radius 2 is 2.27 bits per heavy atom. The SMILES string of the molecule is COc1ccc(Br)cc1CC(=O)C(C)O. The Bertz CT molecular complexity index is 361. The standard InChI is InChI=1S/C11H13BrO3/c1-7(13)10(14)6-8-5-9(12)3-4-11(8)15-2/h3-5,7,13H,6H2,1-2H3. The third-order valence-electron chi connectivity index (χ3n) is 2.07. The summed E-state index contributed by atoms with van der Waals surface area (Å²) >= 11 is 3.32. The van der Waals surface area contributed by atoms with Crippen LogP contribution in [-0.2, 0) is 11.2 Å². The predicted octanol–water partition coefficient (Wildman–Crippen LogP) is 1.95. The van der Waals surface area contributed by atoms with Gasteiger partial charge in [-0.25, -0.2) is 0 Å². The fourth-order valence-corrected chi connectivity index (χ4v) is 1.63. The van der Waals surface area contributed by atoms with Gasteiger partial charge in [-0.3, -0.25) is 4.79 Å². The molecule has 1 unspecified atom stereocenters. The predicted molar refractivity (Wildman–Crippen MR) is 61.1 cm³/mol. The van der Waals surface area contributed by atoms with E-state index < -0.39 is 6.10 Å². The molecule has 0 bridgehead atoms. The number of Topliss-reactive ketones (excluding diaryl/α,β-unsaturated/α-hetero) is 1. The monoisotopic (exact) mass is 272 g/mol. The summed E-state index contributed by atoms with van der Waals surface area (Å²) in [6, 6.07) is 5.45. The maximum absolute atomic E-state index is 11.4. The van der Waals surface area contributed by atoms with E-state index in [0.29, 0.717) is 5.75 Å². The summed E-state index contributed by atoms with van der Waals surface area (Å²) in [6.07, 6.45) is -0.756. The van der Waals surface area contributed by atoms with Crippen LogP contribution >= 0.6 is 15.9 Å². The molecule has 4 heteroatoms. The zero-order valence-corrected chi connectivity index (χ0v) is 10.2. The average Bonchev–Trinajstić information content (AvgIpc) is 2.18. The third kappa shape index (κ3) is 3.32. The van der Waals surface area contributed by atoms with Gasteiger partial charge in [0.05, 0.1) is 7.11 Å². The van der Waals surface area contributed by atoms with Crippen molar-refractivity contribution in [2.45, 2.75) is 19.4 Å². The molecule has 0 aliphatic carbocycles. The Balaban J connectivity index is 2.92. The zero-order valence-electron chi connectivity index (χ0n) is 8.66. The fourth-order valence-electron chi connectivity index (χ4n) is 1.22. The summed E-state index contributed by atoms with van der Waals surface area (Å²) in [7, 11) is 1.56. The minimum Gasteiger partial charge on any atom is -0.496 e. The van der Waals surface area contributed by atoms with Crippen LogP contribution in [0.1, 0.15) is 12.5 Å². The molecule has 0 saturated heterocycles. The molecule has 0 fully saturated rings. The van der Waals surface area contributed by atoms with Gasteiger partial charge in [0.2, 0.25) is 0 Å².